The number of benzene rings is 1. The number of hydrogen-bond donors (Lipinski definition) is 0. The Morgan fingerprint density at radius 1 is 1.21 bits per heavy atom. The van der Waals surface area contributed by atoms with Crippen LogP contribution in [0.25, 0.3) is 11.4 Å². The van der Waals surface area contributed by atoms with E-state index >= 15 is 0 Å². The SMILES string of the molecule is CCc1nc(-c2ccc(N3CCN(C(=O)c4ccc(F)cc4Cl)CC3)nc2)no1. The van der Waals surface area contributed by atoms with Crippen LogP contribution in [0.5, 0.6) is 0 Å². The van der Waals surface area contributed by atoms with E-state index < -0.39 is 5.82 Å². The molecular weight excluding hydrogens is 397 g/mol. The lowest BCUT2D eigenvalue weighted by molar-refractivity contribution is 0.0746. The molecule has 0 aliphatic carbocycles. The Morgan fingerprint density at radius 2 is 2.00 bits per heavy atom. The first-order valence-corrected chi connectivity index (χ1v) is 9.71. The molecule has 0 unspecified atom stereocenters. The predicted molar refractivity (Wildman–Crippen MR) is 106 cm³/mol. The largest absolute Gasteiger partial charge is 0.353 e. The zero-order chi connectivity index (χ0) is 20.4. The summed E-state index contributed by atoms with van der Waals surface area (Å²) in [6, 6.07) is 7.64. The number of nitrogens with zero attached hydrogens (tertiary/aromatic N) is 5. The number of carbonyl (C=O) groups is 1. The third-order valence-electron chi connectivity index (χ3n) is 4.83. The fraction of sp³-hybridized carbons (Fsp3) is 0.300. The topological polar surface area (TPSA) is 75.4 Å². The van der Waals surface area contributed by atoms with Crippen molar-refractivity contribution in [1.82, 2.24) is 20.0 Å². The fourth-order valence-electron chi connectivity index (χ4n) is 3.19. The smallest absolute Gasteiger partial charge is 0.255 e. The van der Waals surface area contributed by atoms with E-state index in [9.17, 15) is 9.18 Å². The summed E-state index contributed by atoms with van der Waals surface area (Å²) in [5.74, 6) is 1.28. The Kier molecular flexibility index (Phi) is 5.44. The molecule has 0 bridgehead atoms. The van der Waals surface area contributed by atoms with Gasteiger partial charge in [0.1, 0.15) is 11.6 Å². The van der Waals surface area contributed by atoms with Crippen molar-refractivity contribution in [2.75, 3.05) is 31.1 Å². The van der Waals surface area contributed by atoms with Crippen molar-refractivity contribution in [2.24, 2.45) is 0 Å². The van der Waals surface area contributed by atoms with Crippen molar-refractivity contribution in [3.8, 4) is 11.4 Å². The minimum Gasteiger partial charge on any atom is -0.353 e. The molecule has 29 heavy (non-hydrogen) atoms. The average Bonchev–Trinajstić information content (AvgIpc) is 3.23. The van der Waals surface area contributed by atoms with Gasteiger partial charge < -0.3 is 14.3 Å². The fourth-order valence-corrected chi connectivity index (χ4v) is 3.44. The minimum absolute atomic E-state index is 0.127. The van der Waals surface area contributed by atoms with Gasteiger partial charge in [0, 0.05) is 44.4 Å². The van der Waals surface area contributed by atoms with Crippen molar-refractivity contribution in [3.63, 3.8) is 0 Å². The standard InChI is InChI=1S/C20H19ClFN5O2/c1-2-18-24-19(25-29-18)13-3-6-17(23-12-13)26-7-9-27(10-8-26)20(28)15-5-4-14(22)11-16(15)21/h3-6,11-12H,2,7-10H2,1H3. The number of rotatable bonds is 4. The predicted octanol–water partition coefficient (Wildman–Crippen LogP) is 3.45. The number of aryl methyl sites for hydroxylation is 1. The van der Waals surface area contributed by atoms with Gasteiger partial charge in [0.25, 0.3) is 5.91 Å². The molecule has 3 aromatic rings. The van der Waals surface area contributed by atoms with Crippen LogP contribution in [0.1, 0.15) is 23.2 Å². The number of hydrogen-bond acceptors (Lipinski definition) is 6. The van der Waals surface area contributed by atoms with Gasteiger partial charge in [0.15, 0.2) is 0 Å². The summed E-state index contributed by atoms with van der Waals surface area (Å²) in [7, 11) is 0. The van der Waals surface area contributed by atoms with Crippen LogP contribution in [0.4, 0.5) is 10.2 Å². The maximum Gasteiger partial charge on any atom is 0.255 e. The first kappa shape index (κ1) is 19.3. The molecule has 4 rings (SSSR count). The van der Waals surface area contributed by atoms with E-state index in [0.717, 1.165) is 17.4 Å². The second-order valence-electron chi connectivity index (χ2n) is 6.67. The van der Waals surface area contributed by atoms with Crippen molar-refractivity contribution in [3.05, 3.63) is 58.8 Å². The summed E-state index contributed by atoms with van der Waals surface area (Å²) in [6.07, 6.45) is 2.40. The van der Waals surface area contributed by atoms with Gasteiger partial charge in [-0.1, -0.05) is 23.7 Å². The van der Waals surface area contributed by atoms with E-state index in [1.54, 1.807) is 11.1 Å². The molecule has 3 heterocycles. The van der Waals surface area contributed by atoms with Crippen molar-refractivity contribution in [2.45, 2.75) is 13.3 Å². The van der Waals surface area contributed by atoms with E-state index in [2.05, 4.69) is 20.0 Å². The zero-order valence-electron chi connectivity index (χ0n) is 15.8. The molecule has 1 aromatic carbocycles. The molecule has 7 nitrogen and oxygen atoms in total. The van der Waals surface area contributed by atoms with Gasteiger partial charge in [0.2, 0.25) is 11.7 Å². The number of aromatic nitrogens is 3. The van der Waals surface area contributed by atoms with Gasteiger partial charge in [-0.05, 0) is 30.3 Å². The molecule has 1 fully saturated rings. The lowest BCUT2D eigenvalue weighted by atomic mass is 10.1. The third-order valence-corrected chi connectivity index (χ3v) is 5.14. The highest BCUT2D eigenvalue weighted by atomic mass is 35.5. The van der Waals surface area contributed by atoms with Crippen LogP contribution in [0.15, 0.2) is 41.1 Å². The Hall–Kier alpha value is -3.00. The molecule has 2 aromatic heterocycles. The lowest BCUT2D eigenvalue weighted by Crippen LogP contribution is -2.49. The highest BCUT2D eigenvalue weighted by Crippen LogP contribution is 2.22. The molecule has 1 amide bonds. The van der Waals surface area contributed by atoms with E-state index in [1.165, 1.54) is 12.1 Å². The highest BCUT2D eigenvalue weighted by molar-refractivity contribution is 6.33. The van der Waals surface area contributed by atoms with Crippen LogP contribution >= 0.6 is 11.6 Å². The Morgan fingerprint density at radius 3 is 2.62 bits per heavy atom. The number of halogens is 2. The Bertz CT molecular complexity index is 1020. The summed E-state index contributed by atoms with van der Waals surface area (Å²) in [4.78, 5) is 25.3. The molecule has 0 saturated carbocycles. The number of piperazine rings is 1. The summed E-state index contributed by atoms with van der Waals surface area (Å²) in [6.45, 7) is 4.28. The maximum absolute atomic E-state index is 13.2. The first-order chi connectivity index (χ1) is 14.0. The molecule has 150 valence electrons. The number of anilines is 1. The van der Waals surface area contributed by atoms with Crippen LogP contribution in [0, 0.1) is 5.82 Å². The number of carbonyl (C=O) groups excluding carboxylic acids is 1. The van der Waals surface area contributed by atoms with Gasteiger partial charge in [-0.2, -0.15) is 4.98 Å². The minimum atomic E-state index is -0.461. The van der Waals surface area contributed by atoms with Gasteiger partial charge >= 0.3 is 0 Å². The van der Waals surface area contributed by atoms with Crippen LogP contribution in [0.3, 0.4) is 0 Å². The van der Waals surface area contributed by atoms with E-state index in [4.69, 9.17) is 16.1 Å². The van der Waals surface area contributed by atoms with Crippen LogP contribution < -0.4 is 4.90 Å². The number of pyridine rings is 1. The first-order valence-electron chi connectivity index (χ1n) is 9.33. The normalized spacial score (nSPS) is 14.3. The lowest BCUT2D eigenvalue weighted by Gasteiger charge is -2.35. The molecule has 0 atom stereocenters. The summed E-state index contributed by atoms with van der Waals surface area (Å²) < 4.78 is 18.3. The molecule has 9 heteroatoms. The van der Waals surface area contributed by atoms with Gasteiger partial charge in [-0.15, -0.1) is 0 Å². The molecule has 1 saturated heterocycles. The summed E-state index contributed by atoms with van der Waals surface area (Å²) in [5.41, 5.74) is 1.10. The molecule has 1 aliphatic heterocycles. The Balaban J connectivity index is 1.39. The molecular formula is C20H19ClFN5O2. The summed E-state index contributed by atoms with van der Waals surface area (Å²) >= 11 is 6.02. The van der Waals surface area contributed by atoms with Gasteiger partial charge in [-0.3, -0.25) is 4.79 Å². The monoisotopic (exact) mass is 415 g/mol. The molecule has 0 spiro atoms. The van der Waals surface area contributed by atoms with E-state index in [1.807, 2.05) is 19.1 Å². The van der Waals surface area contributed by atoms with Crippen molar-refractivity contribution in [1.29, 1.82) is 0 Å². The quantitative estimate of drug-likeness (QED) is 0.649. The average molecular weight is 416 g/mol. The van der Waals surface area contributed by atoms with Gasteiger partial charge in [0.05, 0.1) is 10.6 Å². The van der Waals surface area contributed by atoms with E-state index in [0.29, 0.717) is 49.9 Å². The van der Waals surface area contributed by atoms with Gasteiger partial charge in [-0.25, -0.2) is 9.37 Å². The molecule has 1 aliphatic rings. The second kappa shape index (κ2) is 8.16. The molecule has 0 radical (unpaired) electrons. The third kappa shape index (κ3) is 4.07. The maximum atomic E-state index is 13.2. The Labute approximate surface area is 172 Å². The van der Waals surface area contributed by atoms with Crippen LogP contribution in [-0.2, 0) is 6.42 Å². The van der Waals surface area contributed by atoms with Crippen LogP contribution in [0.2, 0.25) is 5.02 Å². The van der Waals surface area contributed by atoms with Crippen molar-refractivity contribution < 1.29 is 13.7 Å². The summed E-state index contributed by atoms with van der Waals surface area (Å²) in [5, 5.41) is 4.08. The molecule has 0 N–H and O–H groups in total. The van der Waals surface area contributed by atoms with Crippen molar-refractivity contribution >= 4 is 23.3 Å². The van der Waals surface area contributed by atoms with Crippen LogP contribution in [-0.4, -0.2) is 52.1 Å². The number of amides is 1. The zero-order valence-corrected chi connectivity index (χ0v) is 16.6. The highest BCUT2D eigenvalue weighted by Gasteiger charge is 2.24. The second-order valence-corrected chi connectivity index (χ2v) is 7.08. The van der Waals surface area contributed by atoms with E-state index in [-0.39, 0.29) is 10.9 Å².